The number of carbonyl (C=O) groups excluding carboxylic acids is 2. The third-order valence-corrected chi connectivity index (χ3v) is 3.38. The van der Waals surface area contributed by atoms with Crippen molar-refractivity contribution in [2.24, 2.45) is 0 Å². The fraction of sp³-hybridized carbons (Fsp3) is 0.429. The lowest BCUT2D eigenvalue weighted by Gasteiger charge is -2.15. The fourth-order valence-corrected chi connectivity index (χ4v) is 2.43. The van der Waals surface area contributed by atoms with Gasteiger partial charge in [-0.15, -0.1) is 0 Å². The molecule has 1 amide bonds. The van der Waals surface area contributed by atoms with Gasteiger partial charge >= 0.3 is 5.97 Å². The van der Waals surface area contributed by atoms with E-state index in [1.807, 2.05) is 24.3 Å². The number of hydrogen-bond acceptors (Lipinski definition) is 3. The molecule has 0 aromatic heterocycles. The molecule has 0 fully saturated rings. The first kappa shape index (κ1) is 12.6. The zero-order chi connectivity index (χ0) is 13.1. The highest BCUT2D eigenvalue weighted by Crippen LogP contribution is 2.38. The first-order valence-corrected chi connectivity index (χ1v) is 6.07. The van der Waals surface area contributed by atoms with E-state index < -0.39 is 0 Å². The summed E-state index contributed by atoms with van der Waals surface area (Å²) in [5.41, 5.74) is 2.12. The lowest BCUT2D eigenvalue weighted by molar-refractivity contribution is -0.140. The predicted molar refractivity (Wildman–Crippen MR) is 68.5 cm³/mol. The summed E-state index contributed by atoms with van der Waals surface area (Å²) < 4.78 is 4.65. The summed E-state index contributed by atoms with van der Waals surface area (Å²) in [6.45, 7) is 2.23. The van der Waals surface area contributed by atoms with Crippen LogP contribution >= 0.6 is 0 Å². The third kappa shape index (κ3) is 2.37. The summed E-state index contributed by atoms with van der Waals surface area (Å²) in [5, 5.41) is 0. The van der Waals surface area contributed by atoms with Crippen LogP contribution in [-0.2, 0) is 14.3 Å². The molecule has 0 bridgehead atoms. The highest BCUT2D eigenvalue weighted by molar-refractivity contribution is 5.94. The van der Waals surface area contributed by atoms with Crippen LogP contribution in [0.5, 0.6) is 0 Å². The van der Waals surface area contributed by atoms with Crippen LogP contribution in [0.25, 0.3) is 0 Å². The van der Waals surface area contributed by atoms with Crippen molar-refractivity contribution in [3.63, 3.8) is 0 Å². The molecule has 1 aromatic rings. The maximum Gasteiger partial charge on any atom is 0.305 e. The molecule has 18 heavy (non-hydrogen) atoms. The Labute approximate surface area is 107 Å². The van der Waals surface area contributed by atoms with Crippen LogP contribution in [0.4, 0.5) is 5.69 Å². The van der Waals surface area contributed by atoms with E-state index in [1.165, 1.54) is 7.11 Å². The number of benzene rings is 1. The van der Waals surface area contributed by atoms with Crippen molar-refractivity contribution < 1.29 is 14.3 Å². The van der Waals surface area contributed by atoms with Gasteiger partial charge in [-0.3, -0.25) is 9.59 Å². The van der Waals surface area contributed by atoms with E-state index in [-0.39, 0.29) is 17.8 Å². The van der Waals surface area contributed by atoms with Gasteiger partial charge in [0.05, 0.1) is 7.11 Å². The van der Waals surface area contributed by atoms with Gasteiger partial charge < -0.3 is 9.64 Å². The van der Waals surface area contributed by atoms with E-state index >= 15 is 0 Å². The molecule has 0 saturated heterocycles. The fourth-order valence-electron chi connectivity index (χ4n) is 2.43. The third-order valence-electron chi connectivity index (χ3n) is 3.38. The van der Waals surface area contributed by atoms with E-state index in [1.54, 1.807) is 11.8 Å². The number of carbonyl (C=O) groups is 2. The van der Waals surface area contributed by atoms with E-state index in [9.17, 15) is 9.59 Å². The number of amides is 1. The quantitative estimate of drug-likeness (QED) is 0.768. The molecular weight excluding hydrogens is 230 g/mol. The summed E-state index contributed by atoms with van der Waals surface area (Å²) in [4.78, 5) is 24.6. The Morgan fingerprint density at radius 3 is 2.78 bits per heavy atom. The molecule has 0 saturated carbocycles. The van der Waals surface area contributed by atoms with Crippen LogP contribution in [0.1, 0.15) is 31.2 Å². The highest BCUT2D eigenvalue weighted by Gasteiger charge is 2.30. The van der Waals surface area contributed by atoms with Crippen LogP contribution < -0.4 is 4.90 Å². The number of esters is 1. The molecule has 96 valence electrons. The van der Waals surface area contributed by atoms with Crippen molar-refractivity contribution >= 4 is 17.6 Å². The van der Waals surface area contributed by atoms with Gasteiger partial charge in [0, 0.05) is 31.5 Å². The monoisotopic (exact) mass is 247 g/mol. The van der Waals surface area contributed by atoms with Gasteiger partial charge in [-0.05, 0) is 18.1 Å². The Balaban J connectivity index is 2.15. The normalized spacial score (nSPS) is 17.4. The largest absolute Gasteiger partial charge is 0.469 e. The topological polar surface area (TPSA) is 46.6 Å². The number of rotatable bonds is 3. The zero-order valence-corrected chi connectivity index (χ0v) is 10.7. The summed E-state index contributed by atoms with van der Waals surface area (Å²) in [6, 6.07) is 7.88. The molecule has 1 aliphatic rings. The van der Waals surface area contributed by atoms with Crippen LogP contribution in [0.15, 0.2) is 24.3 Å². The molecule has 0 radical (unpaired) electrons. The number of hydrogen-bond donors (Lipinski definition) is 0. The Bertz CT molecular complexity index is 470. The van der Waals surface area contributed by atoms with Gasteiger partial charge in [-0.1, -0.05) is 18.2 Å². The number of ether oxygens (including phenoxy) is 1. The average molecular weight is 247 g/mol. The molecule has 1 atom stereocenters. The zero-order valence-electron chi connectivity index (χ0n) is 10.7. The van der Waals surface area contributed by atoms with Crippen molar-refractivity contribution in [3.05, 3.63) is 29.8 Å². The smallest absolute Gasteiger partial charge is 0.305 e. The van der Waals surface area contributed by atoms with Gasteiger partial charge in [-0.2, -0.15) is 0 Å². The molecule has 4 heteroatoms. The maximum absolute atomic E-state index is 11.6. The predicted octanol–water partition coefficient (Wildman–Crippen LogP) is 2.09. The van der Waals surface area contributed by atoms with Gasteiger partial charge in [-0.25, -0.2) is 0 Å². The minimum absolute atomic E-state index is 0.0445. The maximum atomic E-state index is 11.6. The van der Waals surface area contributed by atoms with E-state index in [0.717, 1.165) is 11.3 Å². The molecule has 0 spiro atoms. The number of anilines is 1. The second-order valence-corrected chi connectivity index (χ2v) is 4.50. The summed E-state index contributed by atoms with van der Waals surface area (Å²) in [7, 11) is 1.40. The lowest BCUT2D eigenvalue weighted by atomic mass is 9.96. The molecule has 1 heterocycles. The SMILES string of the molecule is COC(=O)CCC1CN(C(C)=O)c2ccccc21. The molecule has 1 unspecified atom stereocenters. The second kappa shape index (κ2) is 5.21. The van der Waals surface area contributed by atoms with Crippen molar-refractivity contribution in [1.82, 2.24) is 0 Å². The van der Waals surface area contributed by atoms with E-state index in [0.29, 0.717) is 19.4 Å². The molecule has 0 aliphatic carbocycles. The van der Waals surface area contributed by atoms with Crippen LogP contribution in [0.2, 0.25) is 0 Å². The number of fused-ring (bicyclic) bond motifs is 1. The number of methoxy groups -OCH3 is 1. The first-order chi connectivity index (χ1) is 8.63. The second-order valence-electron chi connectivity index (χ2n) is 4.50. The summed E-state index contributed by atoms with van der Waals surface area (Å²) >= 11 is 0. The van der Waals surface area contributed by atoms with Gasteiger partial charge in [0.2, 0.25) is 5.91 Å². The molecule has 0 N–H and O–H groups in total. The molecular formula is C14H17NO3. The summed E-state index contributed by atoms with van der Waals surface area (Å²) in [6.07, 6.45) is 1.11. The van der Waals surface area contributed by atoms with Crippen molar-refractivity contribution in [1.29, 1.82) is 0 Å². The first-order valence-electron chi connectivity index (χ1n) is 6.07. The van der Waals surface area contributed by atoms with Crippen LogP contribution in [0, 0.1) is 0 Å². The number of nitrogens with zero attached hydrogens (tertiary/aromatic N) is 1. The van der Waals surface area contributed by atoms with Crippen molar-refractivity contribution in [2.45, 2.75) is 25.7 Å². The average Bonchev–Trinajstić information content (AvgIpc) is 2.75. The minimum Gasteiger partial charge on any atom is -0.469 e. The lowest BCUT2D eigenvalue weighted by Crippen LogP contribution is -2.27. The van der Waals surface area contributed by atoms with Crippen molar-refractivity contribution in [2.75, 3.05) is 18.6 Å². The Kier molecular flexibility index (Phi) is 3.65. The summed E-state index contributed by atoms with van der Waals surface area (Å²) in [5.74, 6) is 0.0703. The van der Waals surface area contributed by atoms with E-state index in [2.05, 4.69) is 4.74 Å². The van der Waals surface area contributed by atoms with Crippen molar-refractivity contribution in [3.8, 4) is 0 Å². The molecule has 4 nitrogen and oxygen atoms in total. The number of para-hydroxylation sites is 1. The van der Waals surface area contributed by atoms with E-state index in [4.69, 9.17) is 0 Å². The minimum atomic E-state index is -0.200. The Morgan fingerprint density at radius 2 is 2.11 bits per heavy atom. The van der Waals surface area contributed by atoms with Crippen LogP contribution in [0.3, 0.4) is 0 Å². The Hall–Kier alpha value is -1.84. The molecule has 2 rings (SSSR count). The van der Waals surface area contributed by atoms with Crippen LogP contribution in [-0.4, -0.2) is 25.5 Å². The molecule has 1 aromatic carbocycles. The Morgan fingerprint density at radius 1 is 1.39 bits per heavy atom. The molecule has 1 aliphatic heterocycles. The van der Waals surface area contributed by atoms with Gasteiger partial charge in [0.15, 0.2) is 0 Å². The van der Waals surface area contributed by atoms with Gasteiger partial charge in [0.1, 0.15) is 0 Å². The highest BCUT2D eigenvalue weighted by atomic mass is 16.5. The standard InChI is InChI=1S/C14H17NO3/c1-10(16)15-9-11(7-8-14(17)18-2)12-5-3-4-6-13(12)15/h3-6,11H,7-9H2,1-2H3. The van der Waals surface area contributed by atoms with Gasteiger partial charge in [0.25, 0.3) is 0 Å².